The topological polar surface area (TPSA) is 58.6 Å². The van der Waals surface area contributed by atoms with Crippen molar-refractivity contribution in [3.05, 3.63) is 34.5 Å². The molecule has 2 aromatic rings. The Labute approximate surface area is 120 Å². The molecule has 1 aromatic heterocycles. The Morgan fingerprint density at radius 2 is 2.30 bits per heavy atom. The molecule has 1 heterocycles. The van der Waals surface area contributed by atoms with E-state index < -0.39 is 5.97 Å². The zero-order valence-corrected chi connectivity index (χ0v) is 11.9. The molecule has 20 heavy (non-hydrogen) atoms. The number of carbonyl (C=O) groups is 1. The molecule has 0 saturated carbocycles. The van der Waals surface area contributed by atoms with Crippen LogP contribution < -0.4 is 5.32 Å². The number of halogens is 1. The number of hydrogen-bond donors (Lipinski definition) is 2. The zero-order valence-electron chi connectivity index (χ0n) is 11.1. The van der Waals surface area contributed by atoms with Crippen molar-refractivity contribution in [1.82, 2.24) is 5.32 Å². The highest BCUT2D eigenvalue weighted by Crippen LogP contribution is 2.33. The van der Waals surface area contributed by atoms with Gasteiger partial charge in [0.2, 0.25) is 0 Å². The van der Waals surface area contributed by atoms with Crippen LogP contribution >= 0.6 is 11.3 Å². The first-order valence-corrected chi connectivity index (χ1v) is 7.09. The summed E-state index contributed by atoms with van der Waals surface area (Å²) in [5.41, 5.74) is 0.521. The second-order valence-electron chi connectivity index (χ2n) is 4.35. The van der Waals surface area contributed by atoms with Gasteiger partial charge in [-0.1, -0.05) is 6.07 Å². The molecule has 0 radical (unpaired) electrons. The summed E-state index contributed by atoms with van der Waals surface area (Å²) in [5.74, 6) is -1.39. The maximum atomic E-state index is 13.9. The number of nitrogens with one attached hydrogen (secondary N) is 1. The molecular weight excluding hydrogens is 281 g/mol. The van der Waals surface area contributed by atoms with Crippen molar-refractivity contribution in [2.75, 3.05) is 20.3 Å². The predicted octanol–water partition coefficient (Wildman–Crippen LogP) is 2.86. The van der Waals surface area contributed by atoms with Crippen LogP contribution in [0.1, 0.15) is 21.7 Å². The molecule has 0 aliphatic rings. The van der Waals surface area contributed by atoms with E-state index in [4.69, 9.17) is 4.74 Å². The second-order valence-corrected chi connectivity index (χ2v) is 5.40. The number of methoxy groups -OCH3 is 1. The average molecular weight is 297 g/mol. The van der Waals surface area contributed by atoms with Gasteiger partial charge in [-0.25, -0.2) is 9.18 Å². The Bertz CT molecular complexity index is 612. The first kappa shape index (κ1) is 14.9. The largest absolute Gasteiger partial charge is 0.477 e. The third-order valence-electron chi connectivity index (χ3n) is 2.96. The highest BCUT2D eigenvalue weighted by atomic mass is 32.1. The van der Waals surface area contributed by atoms with Gasteiger partial charge in [-0.05, 0) is 25.1 Å². The third kappa shape index (κ3) is 3.15. The fourth-order valence-electron chi connectivity index (χ4n) is 2.06. The lowest BCUT2D eigenvalue weighted by molar-refractivity contribution is 0.0701. The molecule has 1 aromatic carbocycles. The summed E-state index contributed by atoms with van der Waals surface area (Å²) in [6, 6.07) is 4.69. The van der Waals surface area contributed by atoms with E-state index in [9.17, 15) is 14.3 Å². The quantitative estimate of drug-likeness (QED) is 0.772. The van der Waals surface area contributed by atoms with Gasteiger partial charge in [0.05, 0.1) is 0 Å². The summed E-state index contributed by atoms with van der Waals surface area (Å²) in [6.45, 7) is 1.67. The van der Waals surface area contributed by atoms with Crippen LogP contribution in [0, 0.1) is 5.82 Å². The predicted molar refractivity (Wildman–Crippen MR) is 76.9 cm³/mol. The van der Waals surface area contributed by atoms with Crippen LogP contribution in [0.4, 0.5) is 4.39 Å². The normalized spacial score (nSPS) is 11.1. The van der Waals surface area contributed by atoms with E-state index in [1.54, 1.807) is 19.2 Å². The Morgan fingerprint density at radius 1 is 1.50 bits per heavy atom. The van der Waals surface area contributed by atoms with Gasteiger partial charge in [-0.15, -0.1) is 11.3 Å². The van der Waals surface area contributed by atoms with Gasteiger partial charge in [0, 0.05) is 35.9 Å². The molecule has 0 atom stereocenters. The summed E-state index contributed by atoms with van der Waals surface area (Å²) in [7, 11) is 1.63. The molecule has 4 nitrogen and oxygen atoms in total. The lowest BCUT2D eigenvalue weighted by atomic mass is 10.1. The van der Waals surface area contributed by atoms with Gasteiger partial charge in [-0.3, -0.25) is 0 Å². The highest BCUT2D eigenvalue weighted by Gasteiger charge is 2.19. The molecular formula is C14H16FNO3S. The van der Waals surface area contributed by atoms with Gasteiger partial charge >= 0.3 is 5.97 Å². The average Bonchev–Trinajstić information content (AvgIpc) is 2.79. The van der Waals surface area contributed by atoms with Crippen molar-refractivity contribution in [1.29, 1.82) is 0 Å². The van der Waals surface area contributed by atoms with Crippen molar-refractivity contribution < 1.29 is 19.0 Å². The van der Waals surface area contributed by atoms with E-state index >= 15 is 0 Å². The summed E-state index contributed by atoms with van der Waals surface area (Å²) in [6.07, 6.45) is 0.823. The number of carboxylic acids is 1. The molecule has 0 aliphatic heterocycles. The van der Waals surface area contributed by atoms with Crippen LogP contribution in [-0.4, -0.2) is 31.3 Å². The van der Waals surface area contributed by atoms with Gasteiger partial charge < -0.3 is 15.2 Å². The SMILES string of the molecule is COCCCNCc1c(C(=O)O)sc2cccc(F)c12. The number of hydrogen-bond acceptors (Lipinski definition) is 4. The Hall–Kier alpha value is -1.50. The molecule has 108 valence electrons. The molecule has 0 aliphatic carbocycles. The smallest absolute Gasteiger partial charge is 0.346 e. The fraction of sp³-hybridized carbons (Fsp3) is 0.357. The van der Waals surface area contributed by atoms with E-state index in [1.807, 2.05) is 0 Å². The number of aromatic carboxylic acids is 1. The van der Waals surface area contributed by atoms with Gasteiger partial charge in [0.15, 0.2) is 0 Å². The molecule has 0 amide bonds. The van der Waals surface area contributed by atoms with Crippen LogP contribution in [0.2, 0.25) is 0 Å². The summed E-state index contributed by atoms with van der Waals surface area (Å²) < 4.78 is 19.5. The first-order chi connectivity index (χ1) is 9.65. The van der Waals surface area contributed by atoms with E-state index in [-0.39, 0.29) is 10.7 Å². The van der Waals surface area contributed by atoms with Crippen molar-refractivity contribution in [3.8, 4) is 0 Å². The maximum absolute atomic E-state index is 13.9. The second kappa shape index (κ2) is 6.78. The zero-order chi connectivity index (χ0) is 14.5. The number of rotatable bonds is 7. The van der Waals surface area contributed by atoms with E-state index in [2.05, 4.69) is 5.32 Å². The van der Waals surface area contributed by atoms with Crippen molar-refractivity contribution in [2.24, 2.45) is 0 Å². The molecule has 0 bridgehead atoms. The Balaban J connectivity index is 2.24. The minimum atomic E-state index is -1.01. The number of fused-ring (bicyclic) bond motifs is 1. The molecule has 0 spiro atoms. The minimum Gasteiger partial charge on any atom is -0.477 e. The first-order valence-electron chi connectivity index (χ1n) is 6.28. The molecule has 0 unspecified atom stereocenters. The van der Waals surface area contributed by atoms with E-state index in [0.717, 1.165) is 17.8 Å². The van der Waals surface area contributed by atoms with Crippen LogP contribution in [0.25, 0.3) is 10.1 Å². The van der Waals surface area contributed by atoms with Crippen LogP contribution in [0.3, 0.4) is 0 Å². The Morgan fingerprint density at radius 3 is 3.00 bits per heavy atom. The number of ether oxygens (including phenoxy) is 1. The maximum Gasteiger partial charge on any atom is 0.346 e. The highest BCUT2D eigenvalue weighted by molar-refractivity contribution is 7.21. The van der Waals surface area contributed by atoms with Crippen LogP contribution in [-0.2, 0) is 11.3 Å². The molecule has 2 rings (SSSR count). The monoisotopic (exact) mass is 297 g/mol. The third-order valence-corrected chi connectivity index (χ3v) is 4.15. The summed E-state index contributed by atoms with van der Waals surface area (Å²) in [5, 5.41) is 12.8. The lowest BCUT2D eigenvalue weighted by Crippen LogP contribution is -2.17. The van der Waals surface area contributed by atoms with Crippen LogP contribution in [0.15, 0.2) is 18.2 Å². The Kier molecular flexibility index (Phi) is 5.05. The minimum absolute atomic E-state index is 0.198. The van der Waals surface area contributed by atoms with Gasteiger partial charge in [0.25, 0.3) is 0 Å². The molecule has 0 saturated heterocycles. The standard InChI is InChI=1S/C14H16FNO3S/c1-19-7-3-6-16-8-9-12-10(15)4-2-5-11(12)20-13(9)14(17)18/h2,4-5,16H,3,6-8H2,1H3,(H,17,18). The van der Waals surface area contributed by atoms with E-state index in [1.165, 1.54) is 6.07 Å². The van der Waals surface area contributed by atoms with Crippen molar-refractivity contribution in [2.45, 2.75) is 13.0 Å². The van der Waals surface area contributed by atoms with Crippen molar-refractivity contribution >= 4 is 27.4 Å². The molecule has 0 fully saturated rings. The van der Waals surface area contributed by atoms with Crippen molar-refractivity contribution in [3.63, 3.8) is 0 Å². The lowest BCUT2D eigenvalue weighted by Gasteiger charge is -2.05. The number of benzene rings is 1. The number of thiophene rings is 1. The van der Waals surface area contributed by atoms with Crippen LogP contribution in [0.5, 0.6) is 0 Å². The number of carboxylic acid groups (broad SMARTS) is 1. The van der Waals surface area contributed by atoms with Gasteiger partial charge in [0.1, 0.15) is 10.7 Å². The van der Waals surface area contributed by atoms with Gasteiger partial charge in [-0.2, -0.15) is 0 Å². The van der Waals surface area contributed by atoms with E-state index in [0.29, 0.717) is 35.3 Å². The fourth-order valence-corrected chi connectivity index (χ4v) is 3.14. The summed E-state index contributed by atoms with van der Waals surface area (Å²) in [4.78, 5) is 11.5. The summed E-state index contributed by atoms with van der Waals surface area (Å²) >= 11 is 1.11. The molecule has 2 N–H and O–H groups in total. The molecule has 6 heteroatoms.